The maximum Gasteiger partial charge on any atom is 0.573 e. The van der Waals surface area contributed by atoms with Crippen LogP contribution < -0.4 is 10.1 Å². The van der Waals surface area contributed by atoms with E-state index in [2.05, 4.69) is 10.1 Å². The Morgan fingerprint density at radius 1 is 1.22 bits per heavy atom. The van der Waals surface area contributed by atoms with Crippen LogP contribution >= 0.6 is 0 Å². The third kappa shape index (κ3) is 9.07. The third-order valence-electron chi connectivity index (χ3n) is 3.03. The Labute approximate surface area is 133 Å². The van der Waals surface area contributed by atoms with Crippen molar-refractivity contribution in [3.63, 3.8) is 0 Å². The zero-order chi connectivity index (χ0) is 17.7. The van der Waals surface area contributed by atoms with Crippen molar-refractivity contribution in [2.75, 3.05) is 0 Å². The molecule has 0 aliphatic heterocycles. The van der Waals surface area contributed by atoms with E-state index in [0.29, 0.717) is 13.0 Å². The molecule has 7 heteroatoms. The first-order valence-electron chi connectivity index (χ1n) is 7.24. The van der Waals surface area contributed by atoms with E-state index in [1.165, 1.54) is 24.3 Å². The second kappa shape index (κ2) is 7.68. The Bertz CT molecular complexity index is 507. The Morgan fingerprint density at radius 2 is 1.78 bits per heavy atom. The van der Waals surface area contributed by atoms with Crippen LogP contribution in [-0.4, -0.2) is 23.5 Å². The van der Waals surface area contributed by atoms with Crippen LogP contribution in [0.2, 0.25) is 0 Å². The summed E-state index contributed by atoms with van der Waals surface area (Å²) in [6.07, 6.45) is -4.04. The molecule has 0 spiro atoms. The Kier molecular flexibility index (Phi) is 6.44. The van der Waals surface area contributed by atoms with Gasteiger partial charge in [-0.15, -0.1) is 13.2 Å². The Hall–Kier alpha value is -1.76. The molecule has 2 N–H and O–H groups in total. The molecule has 23 heavy (non-hydrogen) atoms. The molecule has 0 amide bonds. The molecule has 0 saturated carbocycles. The maximum absolute atomic E-state index is 12.1. The molecule has 1 atom stereocenters. The van der Waals surface area contributed by atoms with Crippen LogP contribution in [0.25, 0.3) is 0 Å². The first-order valence-corrected chi connectivity index (χ1v) is 7.24. The van der Waals surface area contributed by atoms with Crippen LogP contribution in [0, 0.1) is 5.41 Å². The van der Waals surface area contributed by atoms with Gasteiger partial charge >= 0.3 is 12.3 Å². The highest BCUT2D eigenvalue weighted by molar-refractivity contribution is 5.67. The lowest BCUT2D eigenvalue weighted by atomic mass is 9.87. The topological polar surface area (TPSA) is 58.6 Å². The molecule has 1 aromatic rings. The minimum atomic E-state index is -4.71. The van der Waals surface area contributed by atoms with E-state index in [9.17, 15) is 18.0 Å². The van der Waals surface area contributed by atoms with Crippen molar-refractivity contribution < 1.29 is 27.8 Å². The quantitative estimate of drug-likeness (QED) is 0.793. The molecule has 1 aromatic carbocycles. The first kappa shape index (κ1) is 19.3. The summed E-state index contributed by atoms with van der Waals surface area (Å²) in [5, 5.41) is 12.1. The van der Waals surface area contributed by atoms with Crippen molar-refractivity contribution in [3.05, 3.63) is 29.8 Å². The van der Waals surface area contributed by atoms with Crippen LogP contribution in [-0.2, 0) is 11.3 Å². The van der Waals surface area contributed by atoms with Crippen LogP contribution in [0.5, 0.6) is 5.75 Å². The Morgan fingerprint density at radius 3 is 2.22 bits per heavy atom. The van der Waals surface area contributed by atoms with Gasteiger partial charge in [0, 0.05) is 12.6 Å². The van der Waals surface area contributed by atoms with Gasteiger partial charge in [0.2, 0.25) is 0 Å². The fourth-order valence-electron chi connectivity index (χ4n) is 2.24. The molecular weight excluding hydrogens is 311 g/mol. The second-order valence-corrected chi connectivity index (χ2v) is 6.63. The minimum Gasteiger partial charge on any atom is -0.481 e. The minimum absolute atomic E-state index is 0.00740. The number of halogens is 3. The van der Waals surface area contributed by atoms with E-state index in [1.807, 2.05) is 20.8 Å². The summed E-state index contributed by atoms with van der Waals surface area (Å²) in [6, 6.07) is 5.30. The van der Waals surface area contributed by atoms with Gasteiger partial charge in [-0.3, -0.25) is 4.79 Å². The lowest BCUT2D eigenvalue weighted by molar-refractivity contribution is -0.274. The van der Waals surface area contributed by atoms with Crippen LogP contribution in [0.1, 0.15) is 39.2 Å². The summed E-state index contributed by atoms with van der Waals surface area (Å²) < 4.78 is 40.1. The molecular formula is C16H22F3NO3. The van der Waals surface area contributed by atoms with Gasteiger partial charge in [0.25, 0.3) is 0 Å². The molecule has 1 rings (SSSR count). The van der Waals surface area contributed by atoms with Crippen molar-refractivity contribution in [1.82, 2.24) is 5.32 Å². The molecule has 130 valence electrons. The molecule has 0 radical (unpaired) electrons. The molecule has 0 saturated heterocycles. The van der Waals surface area contributed by atoms with Crippen LogP contribution in [0.15, 0.2) is 24.3 Å². The predicted octanol–water partition coefficient (Wildman–Crippen LogP) is 3.95. The van der Waals surface area contributed by atoms with Gasteiger partial charge in [-0.05, 0) is 29.5 Å². The summed E-state index contributed by atoms with van der Waals surface area (Å²) in [5.74, 6) is -1.17. The van der Waals surface area contributed by atoms with E-state index >= 15 is 0 Å². The van der Waals surface area contributed by atoms with Gasteiger partial charge in [-0.25, -0.2) is 0 Å². The van der Waals surface area contributed by atoms with Crippen molar-refractivity contribution >= 4 is 5.97 Å². The molecule has 0 heterocycles. The van der Waals surface area contributed by atoms with Crippen molar-refractivity contribution in [2.45, 2.75) is 52.6 Å². The van der Waals surface area contributed by atoms with Gasteiger partial charge in [0.05, 0.1) is 6.42 Å². The number of hydrogen-bond acceptors (Lipinski definition) is 3. The third-order valence-corrected chi connectivity index (χ3v) is 3.03. The number of hydrogen-bond donors (Lipinski definition) is 2. The van der Waals surface area contributed by atoms with E-state index < -0.39 is 12.3 Å². The highest BCUT2D eigenvalue weighted by Crippen LogP contribution is 2.24. The number of carboxylic acid groups (broad SMARTS) is 1. The lowest BCUT2D eigenvalue weighted by Gasteiger charge is -2.26. The van der Waals surface area contributed by atoms with Crippen molar-refractivity contribution in [3.8, 4) is 5.75 Å². The standard InChI is InChI=1S/C16H22F3NO3/c1-15(2,3)9-12(8-14(21)22)20-10-11-4-6-13(7-5-11)23-16(17,18)19/h4-7,12,20H,8-10H2,1-3H3,(H,21,22). The van der Waals surface area contributed by atoms with Crippen molar-refractivity contribution in [1.29, 1.82) is 0 Å². The van der Waals surface area contributed by atoms with E-state index in [1.54, 1.807) is 0 Å². The van der Waals surface area contributed by atoms with Gasteiger partial charge in [-0.2, -0.15) is 0 Å². The highest BCUT2D eigenvalue weighted by Gasteiger charge is 2.31. The first-order chi connectivity index (χ1) is 10.4. The average Bonchev–Trinajstić information content (AvgIpc) is 2.33. The number of nitrogens with one attached hydrogen (secondary N) is 1. The van der Waals surface area contributed by atoms with Gasteiger partial charge in [0.1, 0.15) is 5.75 Å². The molecule has 0 aliphatic rings. The summed E-state index contributed by atoms with van der Waals surface area (Å²) in [5.41, 5.74) is 0.723. The molecule has 0 fully saturated rings. The number of ether oxygens (including phenoxy) is 1. The fourth-order valence-corrected chi connectivity index (χ4v) is 2.24. The number of benzene rings is 1. The number of rotatable bonds is 7. The number of alkyl halides is 3. The van der Waals surface area contributed by atoms with Gasteiger partial charge in [0.15, 0.2) is 0 Å². The number of aliphatic carboxylic acids is 1. The molecule has 1 unspecified atom stereocenters. The monoisotopic (exact) mass is 333 g/mol. The maximum atomic E-state index is 12.1. The second-order valence-electron chi connectivity index (χ2n) is 6.63. The SMILES string of the molecule is CC(C)(C)CC(CC(=O)O)NCc1ccc(OC(F)(F)F)cc1. The zero-order valence-corrected chi connectivity index (χ0v) is 13.4. The van der Waals surface area contributed by atoms with E-state index in [4.69, 9.17) is 5.11 Å². The molecule has 0 aromatic heterocycles. The Balaban J connectivity index is 2.61. The summed E-state index contributed by atoms with van der Waals surface area (Å²) in [7, 11) is 0. The van der Waals surface area contributed by atoms with E-state index in [0.717, 1.165) is 5.56 Å². The summed E-state index contributed by atoms with van der Waals surface area (Å²) in [6.45, 7) is 6.44. The fraction of sp³-hybridized carbons (Fsp3) is 0.562. The largest absolute Gasteiger partial charge is 0.573 e. The normalized spacial score (nSPS) is 13.7. The van der Waals surface area contributed by atoms with Crippen molar-refractivity contribution in [2.24, 2.45) is 5.41 Å². The average molecular weight is 333 g/mol. The molecule has 4 nitrogen and oxygen atoms in total. The van der Waals surface area contributed by atoms with Gasteiger partial charge < -0.3 is 15.2 Å². The highest BCUT2D eigenvalue weighted by atomic mass is 19.4. The van der Waals surface area contributed by atoms with Crippen LogP contribution in [0.4, 0.5) is 13.2 Å². The number of carbonyl (C=O) groups is 1. The molecule has 0 bridgehead atoms. The van der Waals surface area contributed by atoms with E-state index in [-0.39, 0.29) is 23.6 Å². The van der Waals surface area contributed by atoms with Crippen LogP contribution in [0.3, 0.4) is 0 Å². The smallest absolute Gasteiger partial charge is 0.481 e. The van der Waals surface area contributed by atoms with Gasteiger partial charge in [-0.1, -0.05) is 32.9 Å². The summed E-state index contributed by atoms with van der Waals surface area (Å²) >= 11 is 0. The predicted molar refractivity (Wildman–Crippen MR) is 80.1 cm³/mol. The summed E-state index contributed by atoms with van der Waals surface area (Å²) in [4.78, 5) is 10.9. The lowest BCUT2D eigenvalue weighted by Crippen LogP contribution is -2.34. The molecule has 0 aliphatic carbocycles. The number of carboxylic acids is 1. The zero-order valence-electron chi connectivity index (χ0n) is 13.4.